The molecule has 2 rings (SSSR count). The lowest BCUT2D eigenvalue weighted by atomic mass is 10.1. The fourth-order valence-electron chi connectivity index (χ4n) is 1.71. The van der Waals surface area contributed by atoms with E-state index in [-0.39, 0.29) is 5.38 Å². The van der Waals surface area contributed by atoms with Gasteiger partial charge in [-0.25, -0.2) is 0 Å². The molecule has 2 aromatic rings. The SMILES string of the molecule is CCc1ccsc1C(Cl)c1cc(Br)sc1C. The van der Waals surface area contributed by atoms with Gasteiger partial charge >= 0.3 is 0 Å². The summed E-state index contributed by atoms with van der Waals surface area (Å²) < 4.78 is 1.15. The highest BCUT2D eigenvalue weighted by atomic mass is 79.9. The molecule has 4 heteroatoms. The van der Waals surface area contributed by atoms with Crippen molar-refractivity contribution in [3.05, 3.63) is 42.2 Å². The molecule has 0 radical (unpaired) electrons. The molecular weight excluding hydrogens is 324 g/mol. The van der Waals surface area contributed by atoms with E-state index < -0.39 is 0 Å². The highest BCUT2D eigenvalue weighted by molar-refractivity contribution is 9.11. The van der Waals surface area contributed by atoms with Gasteiger partial charge in [-0.15, -0.1) is 34.3 Å². The topological polar surface area (TPSA) is 0 Å². The summed E-state index contributed by atoms with van der Waals surface area (Å²) in [7, 11) is 0. The molecule has 0 aliphatic carbocycles. The molecule has 86 valence electrons. The summed E-state index contributed by atoms with van der Waals surface area (Å²) in [6.07, 6.45) is 1.05. The maximum absolute atomic E-state index is 6.57. The maximum atomic E-state index is 6.57. The van der Waals surface area contributed by atoms with Crippen molar-refractivity contribution in [3.8, 4) is 0 Å². The van der Waals surface area contributed by atoms with Crippen molar-refractivity contribution >= 4 is 50.2 Å². The molecule has 0 bridgehead atoms. The first-order valence-corrected chi connectivity index (χ1v) is 8.02. The van der Waals surface area contributed by atoms with Crippen molar-refractivity contribution in [3.63, 3.8) is 0 Å². The van der Waals surface area contributed by atoms with E-state index in [2.05, 4.69) is 47.3 Å². The van der Waals surface area contributed by atoms with Crippen molar-refractivity contribution in [2.45, 2.75) is 25.6 Å². The van der Waals surface area contributed by atoms with Gasteiger partial charge in [0.25, 0.3) is 0 Å². The van der Waals surface area contributed by atoms with Crippen LogP contribution in [0.25, 0.3) is 0 Å². The van der Waals surface area contributed by atoms with Crippen molar-refractivity contribution in [2.75, 3.05) is 0 Å². The number of halogens is 2. The summed E-state index contributed by atoms with van der Waals surface area (Å²) >= 11 is 13.6. The molecule has 0 fully saturated rings. The van der Waals surface area contributed by atoms with Crippen LogP contribution in [-0.2, 0) is 6.42 Å². The van der Waals surface area contributed by atoms with E-state index in [1.54, 1.807) is 22.7 Å². The average molecular weight is 336 g/mol. The third kappa shape index (κ3) is 2.37. The van der Waals surface area contributed by atoms with Gasteiger partial charge in [-0.3, -0.25) is 0 Å². The van der Waals surface area contributed by atoms with Crippen LogP contribution < -0.4 is 0 Å². The van der Waals surface area contributed by atoms with Gasteiger partial charge in [-0.2, -0.15) is 0 Å². The minimum atomic E-state index is -0.00231. The molecule has 2 heterocycles. The van der Waals surface area contributed by atoms with Gasteiger partial charge in [0.05, 0.1) is 9.16 Å². The van der Waals surface area contributed by atoms with Crippen LogP contribution in [0.3, 0.4) is 0 Å². The Balaban J connectivity index is 2.38. The van der Waals surface area contributed by atoms with Crippen molar-refractivity contribution < 1.29 is 0 Å². The van der Waals surface area contributed by atoms with Crippen LogP contribution in [0.4, 0.5) is 0 Å². The highest BCUT2D eigenvalue weighted by Gasteiger charge is 2.19. The average Bonchev–Trinajstić information content (AvgIpc) is 2.83. The Labute approximate surface area is 117 Å². The standard InChI is InChI=1S/C12H12BrClS2/c1-3-8-4-5-15-12(8)11(14)9-6-10(13)16-7(9)2/h4-6,11H,3H2,1-2H3. The Morgan fingerprint density at radius 1 is 1.50 bits per heavy atom. The van der Waals surface area contributed by atoms with E-state index in [4.69, 9.17) is 11.6 Å². The van der Waals surface area contributed by atoms with Gasteiger partial charge in [0.15, 0.2) is 0 Å². The summed E-state index contributed by atoms with van der Waals surface area (Å²) in [6, 6.07) is 4.31. The third-order valence-electron chi connectivity index (χ3n) is 2.59. The monoisotopic (exact) mass is 334 g/mol. The number of thiophene rings is 2. The first kappa shape index (κ1) is 12.6. The molecule has 2 aromatic heterocycles. The van der Waals surface area contributed by atoms with E-state index in [0.29, 0.717) is 0 Å². The van der Waals surface area contributed by atoms with E-state index in [1.807, 2.05) is 0 Å². The van der Waals surface area contributed by atoms with Crippen molar-refractivity contribution in [1.82, 2.24) is 0 Å². The Morgan fingerprint density at radius 3 is 2.81 bits per heavy atom. The van der Waals surface area contributed by atoms with Gasteiger partial charge in [0.1, 0.15) is 0 Å². The van der Waals surface area contributed by atoms with E-state index in [0.717, 1.165) is 10.2 Å². The molecule has 0 saturated heterocycles. The summed E-state index contributed by atoms with van der Waals surface area (Å²) in [4.78, 5) is 2.58. The van der Waals surface area contributed by atoms with Crippen LogP contribution in [-0.4, -0.2) is 0 Å². The van der Waals surface area contributed by atoms with Gasteiger partial charge in [-0.05, 0) is 57.9 Å². The van der Waals surface area contributed by atoms with E-state index in [1.165, 1.54) is 20.9 Å². The predicted octanol–water partition coefficient (Wildman–Crippen LogP) is 5.77. The Bertz CT molecular complexity index is 487. The fraction of sp³-hybridized carbons (Fsp3) is 0.333. The molecule has 0 aromatic carbocycles. The summed E-state index contributed by atoms with van der Waals surface area (Å²) in [5.41, 5.74) is 2.60. The van der Waals surface area contributed by atoms with Crippen LogP contribution in [0.2, 0.25) is 0 Å². The third-order valence-corrected chi connectivity index (χ3v) is 5.77. The number of aryl methyl sites for hydroxylation is 2. The van der Waals surface area contributed by atoms with Crippen LogP contribution in [0, 0.1) is 6.92 Å². The Hall–Kier alpha value is 0.170. The van der Waals surface area contributed by atoms with E-state index in [9.17, 15) is 0 Å². The smallest absolute Gasteiger partial charge is 0.0941 e. The molecule has 0 aliphatic rings. The lowest BCUT2D eigenvalue weighted by Crippen LogP contribution is -1.93. The zero-order valence-electron chi connectivity index (χ0n) is 9.09. The van der Waals surface area contributed by atoms with Crippen LogP contribution in [0.5, 0.6) is 0 Å². The molecule has 0 amide bonds. The zero-order chi connectivity index (χ0) is 11.7. The van der Waals surface area contributed by atoms with Crippen LogP contribution in [0.1, 0.15) is 33.2 Å². The minimum Gasteiger partial charge on any atom is -0.147 e. The molecule has 0 aliphatic heterocycles. The largest absolute Gasteiger partial charge is 0.147 e. The second-order valence-corrected chi connectivity index (χ2v) is 7.61. The molecule has 0 nitrogen and oxygen atoms in total. The molecule has 0 N–H and O–H groups in total. The highest BCUT2D eigenvalue weighted by Crippen LogP contribution is 2.40. The van der Waals surface area contributed by atoms with E-state index >= 15 is 0 Å². The molecule has 0 saturated carbocycles. The predicted molar refractivity (Wildman–Crippen MR) is 78.1 cm³/mol. The van der Waals surface area contributed by atoms with Gasteiger partial charge < -0.3 is 0 Å². The lowest BCUT2D eigenvalue weighted by Gasteiger charge is -2.09. The normalized spacial score (nSPS) is 13.0. The zero-order valence-corrected chi connectivity index (χ0v) is 13.1. The second-order valence-electron chi connectivity index (χ2n) is 3.59. The fourth-order valence-corrected chi connectivity index (χ4v) is 5.04. The molecule has 16 heavy (non-hydrogen) atoms. The van der Waals surface area contributed by atoms with Crippen molar-refractivity contribution in [2.24, 2.45) is 0 Å². The van der Waals surface area contributed by atoms with Gasteiger partial charge in [0, 0.05) is 9.75 Å². The summed E-state index contributed by atoms with van der Waals surface area (Å²) in [5.74, 6) is 0. The maximum Gasteiger partial charge on any atom is 0.0941 e. The number of hydrogen-bond acceptors (Lipinski definition) is 2. The van der Waals surface area contributed by atoms with Gasteiger partial charge in [-0.1, -0.05) is 6.92 Å². The Morgan fingerprint density at radius 2 is 2.25 bits per heavy atom. The Kier molecular flexibility index (Phi) is 4.11. The number of alkyl halides is 1. The van der Waals surface area contributed by atoms with Crippen LogP contribution >= 0.6 is 50.2 Å². The lowest BCUT2D eigenvalue weighted by molar-refractivity contribution is 1.07. The second kappa shape index (κ2) is 5.21. The number of rotatable bonds is 3. The van der Waals surface area contributed by atoms with Crippen LogP contribution in [0.15, 0.2) is 21.3 Å². The molecule has 1 atom stereocenters. The number of hydrogen-bond donors (Lipinski definition) is 0. The summed E-state index contributed by atoms with van der Waals surface area (Å²) in [6.45, 7) is 4.30. The minimum absolute atomic E-state index is 0.00231. The summed E-state index contributed by atoms with van der Waals surface area (Å²) in [5, 5.41) is 2.12. The van der Waals surface area contributed by atoms with Crippen molar-refractivity contribution in [1.29, 1.82) is 0 Å². The van der Waals surface area contributed by atoms with Gasteiger partial charge in [0.2, 0.25) is 0 Å². The molecule has 0 spiro atoms. The first-order chi connectivity index (χ1) is 7.63. The quantitative estimate of drug-likeness (QED) is 0.624. The molecule has 1 unspecified atom stereocenters. The molecular formula is C12H12BrClS2. The first-order valence-electron chi connectivity index (χ1n) is 5.09.